The SMILES string of the molecule is CCC1C(=O)NC2(C(=O)C3C=CCCC3)C(=O)OC12C. The number of carbonyl (C=O) groups excluding carboxylic acids is 3. The highest BCUT2D eigenvalue weighted by molar-refractivity contribution is 6.20. The van der Waals surface area contributed by atoms with E-state index >= 15 is 0 Å². The Bertz CT molecular complexity index is 526. The third-order valence-electron chi connectivity index (χ3n) is 5.02. The van der Waals surface area contributed by atoms with Crippen LogP contribution in [0.1, 0.15) is 39.5 Å². The molecule has 5 nitrogen and oxygen atoms in total. The van der Waals surface area contributed by atoms with Crippen LogP contribution in [0.2, 0.25) is 0 Å². The van der Waals surface area contributed by atoms with E-state index < -0.39 is 23.0 Å². The summed E-state index contributed by atoms with van der Waals surface area (Å²) in [5.41, 5.74) is -2.49. The molecule has 0 spiro atoms. The molecule has 20 heavy (non-hydrogen) atoms. The first-order chi connectivity index (χ1) is 9.47. The Hall–Kier alpha value is -1.65. The summed E-state index contributed by atoms with van der Waals surface area (Å²) in [6.45, 7) is 3.56. The number of hydrogen-bond donors (Lipinski definition) is 1. The van der Waals surface area contributed by atoms with Crippen molar-refractivity contribution in [1.82, 2.24) is 5.32 Å². The minimum atomic E-state index is -1.46. The van der Waals surface area contributed by atoms with Crippen molar-refractivity contribution in [3.8, 4) is 0 Å². The van der Waals surface area contributed by atoms with Gasteiger partial charge in [-0.1, -0.05) is 19.1 Å². The van der Waals surface area contributed by atoms with Gasteiger partial charge in [0.25, 0.3) is 0 Å². The highest BCUT2D eigenvalue weighted by atomic mass is 16.6. The van der Waals surface area contributed by atoms with Gasteiger partial charge >= 0.3 is 5.97 Å². The molecule has 1 amide bonds. The number of hydrogen-bond acceptors (Lipinski definition) is 4. The third-order valence-corrected chi connectivity index (χ3v) is 5.02. The second-order valence-electron chi connectivity index (χ2n) is 6.03. The third kappa shape index (κ3) is 1.35. The van der Waals surface area contributed by atoms with Crippen molar-refractivity contribution in [2.75, 3.05) is 0 Å². The lowest BCUT2D eigenvalue weighted by Gasteiger charge is -2.50. The van der Waals surface area contributed by atoms with E-state index in [2.05, 4.69) is 5.32 Å². The molecule has 0 saturated carbocycles. The average Bonchev–Trinajstić information content (AvgIpc) is 2.62. The average molecular weight is 277 g/mol. The van der Waals surface area contributed by atoms with Crippen LogP contribution in [0.3, 0.4) is 0 Å². The fourth-order valence-corrected chi connectivity index (χ4v) is 3.82. The molecule has 108 valence electrons. The van der Waals surface area contributed by atoms with Crippen LogP contribution in [0.25, 0.3) is 0 Å². The fourth-order valence-electron chi connectivity index (χ4n) is 3.82. The first-order valence-corrected chi connectivity index (χ1v) is 7.24. The lowest BCUT2D eigenvalue weighted by Crippen LogP contribution is -2.78. The molecule has 0 aromatic carbocycles. The van der Waals surface area contributed by atoms with Crippen molar-refractivity contribution in [3.05, 3.63) is 12.2 Å². The summed E-state index contributed by atoms with van der Waals surface area (Å²) < 4.78 is 5.27. The van der Waals surface area contributed by atoms with Crippen molar-refractivity contribution >= 4 is 17.7 Å². The van der Waals surface area contributed by atoms with Crippen molar-refractivity contribution in [3.63, 3.8) is 0 Å². The molecular weight excluding hydrogens is 258 g/mol. The van der Waals surface area contributed by atoms with Crippen LogP contribution < -0.4 is 5.32 Å². The quantitative estimate of drug-likeness (QED) is 0.477. The summed E-state index contributed by atoms with van der Waals surface area (Å²) in [5.74, 6) is -1.82. The second kappa shape index (κ2) is 4.17. The van der Waals surface area contributed by atoms with Crippen LogP contribution in [-0.2, 0) is 19.1 Å². The van der Waals surface area contributed by atoms with Crippen LogP contribution >= 0.6 is 0 Å². The van der Waals surface area contributed by atoms with Crippen LogP contribution in [0.15, 0.2) is 12.2 Å². The van der Waals surface area contributed by atoms with Crippen LogP contribution in [0.5, 0.6) is 0 Å². The van der Waals surface area contributed by atoms with Crippen LogP contribution in [-0.4, -0.2) is 28.8 Å². The molecule has 0 aromatic heterocycles. The summed E-state index contributed by atoms with van der Waals surface area (Å²) in [5, 5.41) is 2.66. The first-order valence-electron chi connectivity index (χ1n) is 7.24. The molecule has 4 atom stereocenters. The largest absolute Gasteiger partial charge is 0.453 e. The summed E-state index contributed by atoms with van der Waals surface area (Å²) in [7, 11) is 0. The van der Waals surface area contributed by atoms with Gasteiger partial charge in [-0.3, -0.25) is 9.59 Å². The van der Waals surface area contributed by atoms with E-state index in [1.165, 1.54) is 0 Å². The van der Waals surface area contributed by atoms with Gasteiger partial charge in [0.15, 0.2) is 11.4 Å². The van der Waals surface area contributed by atoms with Gasteiger partial charge in [-0.05, 0) is 32.6 Å². The Labute approximate surface area is 117 Å². The molecule has 2 aliphatic heterocycles. The second-order valence-corrected chi connectivity index (χ2v) is 6.03. The number of carbonyl (C=O) groups is 3. The predicted octanol–water partition coefficient (Wildman–Crippen LogP) is 1.12. The number of fused-ring (bicyclic) bond motifs is 1. The monoisotopic (exact) mass is 277 g/mol. The van der Waals surface area contributed by atoms with Crippen molar-refractivity contribution in [1.29, 1.82) is 0 Å². The van der Waals surface area contributed by atoms with E-state index in [0.717, 1.165) is 19.3 Å². The van der Waals surface area contributed by atoms with E-state index in [9.17, 15) is 14.4 Å². The Balaban J connectivity index is 1.99. The Morgan fingerprint density at radius 1 is 1.50 bits per heavy atom. The van der Waals surface area contributed by atoms with Gasteiger partial charge in [0, 0.05) is 5.92 Å². The lowest BCUT2D eigenvalue weighted by molar-refractivity contribution is -0.218. The fraction of sp³-hybridized carbons (Fsp3) is 0.667. The number of ether oxygens (including phenoxy) is 1. The van der Waals surface area contributed by atoms with Gasteiger partial charge in [0.05, 0.1) is 5.92 Å². The maximum absolute atomic E-state index is 12.8. The zero-order valence-corrected chi connectivity index (χ0v) is 11.8. The van der Waals surface area contributed by atoms with Crippen molar-refractivity contribution < 1.29 is 19.1 Å². The molecule has 1 N–H and O–H groups in total. The highest BCUT2D eigenvalue weighted by Gasteiger charge is 2.79. The standard InChI is InChI=1S/C15H19NO4/c1-3-10-12(18)16-15(13(19)20-14(10,15)2)11(17)9-7-5-4-6-8-9/h5,7,9-10H,3-4,6,8H2,1-2H3,(H,16,18). The van der Waals surface area contributed by atoms with E-state index in [1.54, 1.807) is 6.92 Å². The minimum absolute atomic E-state index is 0.212. The smallest absolute Gasteiger partial charge is 0.344 e. The molecule has 2 fully saturated rings. The number of rotatable bonds is 3. The van der Waals surface area contributed by atoms with Crippen molar-refractivity contribution in [2.45, 2.75) is 50.7 Å². The van der Waals surface area contributed by atoms with E-state index in [1.807, 2.05) is 19.1 Å². The summed E-state index contributed by atoms with van der Waals surface area (Å²) >= 11 is 0. The Morgan fingerprint density at radius 3 is 2.80 bits per heavy atom. The van der Waals surface area contributed by atoms with Crippen LogP contribution in [0.4, 0.5) is 0 Å². The van der Waals surface area contributed by atoms with Gasteiger partial charge < -0.3 is 10.1 Å². The lowest BCUT2D eigenvalue weighted by atomic mass is 9.65. The topological polar surface area (TPSA) is 72.5 Å². The molecule has 0 radical (unpaired) electrons. The van der Waals surface area contributed by atoms with E-state index in [-0.39, 0.29) is 17.6 Å². The molecule has 5 heteroatoms. The van der Waals surface area contributed by atoms with Gasteiger partial charge in [-0.2, -0.15) is 0 Å². The highest BCUT2D eigenvalue weighted by Crippen LogP contribution is 2.51. The molecule has 3 aliphatic rings. The number of ketones is 1. The van der Waals surface area contributed by atoms with Gasteiger partial charge in [0.1, 0.15) is 0 Å². The molecule has 0 bridgehead atoms. The maximum atomic E-state index is 12.8. The number of allylic oxidation sites excluding steroid dienone is 2. The molecular formula is C15H19NO4. The molecule has 3 rings (SSSR count). The summed E-state index contributed by atoms with van der Waals surface area (Å²) in [6.07, 6.45) is 7.00. The Kier molecular flexibility index (Phi) is 2.78. The van der Waals surface area contributed by atoms with E-state index in [4.69, 9.17) is 4.74 Å². The normalized spacial score (nSPS) is 42.5. The maximum Gasteiger partial charge on any atom is 0.344 e. The zero-order chi connectivity index (χ0) is 14.5. The van der Waals surface area contributed by atoms with Gasteiger partial charge in [0.2, 0.25) is 11.4 Å². The molecule has 2 heterocycles. The zero-order valence-electron chi connectivity index (χ0n) is 11.8. The predicted molar refractivity (Wildman–Crippen MR) is 70.6 cm³/mol. The van der Waals surface area contributed by atoms with Crippen molar-refractivity contribution in [2.24, 2.45) is 11.8 Å². The number of esters is 1. The summed E-state index contributed by atoms with van der Waals surface area (Å²) in [6, 6.07) is 0. The molecule has 2 saturated heterocycles. The number of Topliss-reactive ketones (excluding diaryl/α,β-unsaturated/α-hetero) is 1. The number of nitrogens with one attached hydrogen (secondary N) is 1. The first kappa shape index (κ1) is 13.3. The molecule has 1 aliphatic carbocycles. The minimum Gasteiger partial charge on any atom is -0.453 e. The Morgan fingerprint density at radius 2 is 2.25 bits per heavy atom. The molecule has 0 aromatic rings. The van der Waals surface area contributed by atoms with E-state index in [0.29, 0.717) is 6.42 Å². The number of amides is 1. The van der Waals surface area contributed by atoms with Crippen LogP contribution in [0, 0.1) is 11.8 Å². The van der Waals surface area contributed by atoms with Gasteiger partial charge in [-0.15, -0.1) is 0 Å². The summed E-state index contributed by atoms with van der Waals surface area (Å²) in [4.78, 5) is 37.0. The molecule has 4 unspecified atom stereocenters. The van der Waals surface area contributed by atoms with Gasteiger partial charge in [-0.25, -0.2) is 4.79 Å².